The molecule has 1 unspecified atom stereocenters. The van der Waals surface area contributed by atoms with Gasteiger partial charge < -0.3 is 14.4 Å². The molecule has 0 N–H and O–H groups in total. The lowest BCUT2D eigenvalue weighted by atomic mass is 9.67. The number of rotatable bonds is 4. The summed E-state index contributed by atoms with van der Waals surface area (Å²) in [6, 6.07) is 18.2. The molecule has 3 aromatic rings. The van der Waals surface area contributed by atoms with Crippen LogP contribution in [0.3, 0.4) is 0 Å². The third kappa shape index (κ3) is 3.13. The van der Waals surface area contributed by atoms with Crippen LogP contribution in [0, 0.1) is 5.95 Å². The lowest BCUT2D eigenvalue weighted by molar-refractivity contribution is -0.124. The predicted octanol–water partition coefficient (Wildman–Crippen LogP) is 5.01. The van der Waals surface area contributed by atoms with Crippen LogP contribution in [0.2, 0.25) is 0 Å². The molecule has 5 nitrogen and oxygen atoms in total. The molecule has 6 heteroatoms. The topological polar surface area (TPSA) is 51.7 Å². The summed E-state index contributed by atoms with van der Waals surface area (Å²) in [5.41, 5.74) is 1.61. The number of aromatic nitrogens is 1. The van der Waals surface area contributed by atoms with Crippen molar-refractivity contribution < 1.29 is 18.7 Å². The molecule has 3 heterocycles. The van der Waals surface area contributed by atoms with Gasteiger partial charge in [-0.3, -0.25) is 4.79 Å². The molecule has 0 saturated heterocycles. The van der Waals surface area contributed by atoms with E-state index in [-0.39, 0.29) is 12.5 Å². The molecule has 1 atom stereocenters. The Kier molecular flexibility index (Phi) is 4.69. The Morgan fingerprint density at radius 2 is 1.91 bits per heavy atom. The summed E-state index contributed by atoms with van der Waals surface area (Å²) in [5.74, 6) is 0.754. The van der Waals surface area contributed by atoms with Crippen LogP contribution in [0.25, 0.3) is 0 Å². The van der Waals surface area contributed by atoms with E-state index in [1.165, 1.54) is 6.07 Å². The lowest BCUT2D eigenvalue weighted by Gasteiger charge is -2.43. The first-order chi connectivity index (χ1) is 15.3. The van der Waals surface area contributed by atoms with Gasteiger partial charge in [-0.05, 0) is 50.6 Å². The maximum Gasteiger partial charge on any atom is 0.242 e. The molecule has 1 aromatic heterocycles. The van der Waals surface area contributed by atoms with Crippen molar-refractivity contribution in [3.05, 3.63) is 83.4 Å². The van der Waals surface area contributed by atoms with Crippen LogP contribution in [0.4, 0.5) is 10.1 Å². The normalized spacial score (nSPS) is 20.6. The van der Waals surface area contributed by atoms with Gasteiger partial charge in [-0.15, -0.1) is 0 Å². The molecular formula is C26H25FN2O3. The number of anilines is 1. The summed E-state index contributed by atoms with van der Waals surface area (Å²) in [7, 11) is 0. The van der Waals surface area contributed by atoms with Crippen molar-refractivity contribution in [2.45, 2.75) is 44.8 Å². The Hall–Kier alpha value is -3.41. The number of para-hydroxylation sites is 1. The van der Waals surface area contributed by atoms with Crippen molar-refractivity contribution in [2.24, 2.45) is 0 Å². The molecule has 2 aliphatic rings. The average molecular weight is 432 g/mol. The highest BCUT2D eigenvalue weighted by Crippen LogP contribution is 2.56. The van der Waals surface area contributed by atoms with Crippen LogP contribution in [0.15, 0.2) is 60.7 Å². The van der Waals surface area contributed by atoms with Gasteiger partial charge in [-0.25, -0.2) is 4.98 Å². The first kappa shape index (κ1) is 20.5. The number of amides is 1. The van der Waals surface area contributed by atoms with E-state index >= 15 is 0 Å². The maximum absolute atomic E-state index is 14.2. The zero-order valence-corrected chi connectivity index (χ0v) is 18.4. The number of carbonyl (C=O) groups excluding carboxylic acids is 1. The number of nitrogens with zero attached hydrogens (tertiary/aromatic N) is 2. The molecular weight excluding hydrogens is 407 g/mol. The highest BCUT2D eigenvalue weighted by molar-refractivity contribution is 6.11. The molecule has 164 valence electrons. The molecule has 0 aliphatic carbocycles. The van der Waals surface area contributed by atoms with Crippen molar-refractivity contribution in [2.75, 3.05) is 11.5 Å². The van der Waals surface area contributed by atoms with Crippen molar-refractivity contribution >= 4 is 11.6 Å². The predicted molar refractivity (Wildman–Crippen MR) is 120 cm³/mol. The number of carbonyl (C=O) groups is 1. The number of benzene rings is 2. The van der Waals surface area contributed by atoms with Gasteiger partial charge in [-0.2, -0.15) is 4.39 Å². The third-order valence-corrected chi connectivity index (χ3v) is 6.16. The van der Waals surface area contributed by atoms with Crippen molar-refractivity contribution in [1.29, 1.82) is 0 Å². The summed E-state index contributed by atoms with van der Waals surface area (Å²) < 4.78 is 25.7. The molecule has 0 radical (unpaired) electrons. The highest BCUT2D eigenvalue weighted by Gasteiger charge is 2.58. The molecule has 0 fully saturated rings. The summed E-state index contributed by atoms with van der Waals surface area (Å²) in [6.45, 7) is 6.67. The number of hydrogen-bond acceptors (Lipinski definition) is 4. The number of pyridine rings is 1. The smallest absolute Gasteiger partial charge is 0.242 e. The van der Waals surface area contributed by atoms with E-state index < -0.39 is 17.0 Å². The number of halogens is 1. The Morgan fingerprint density at radius 3 is 2.69 bits per heavy atom. The minimum absolute atomic E-state index is 0.0495. The Morgan fingerprint density at radius 1 is 1.09 bits per heavy atom. The fraction of sp³-hybridized carbons (Fsp3) is 0.308. The average Bonchev–Trinajstić information content (AvgIpc) is 2.96. The van der Waals surface area contributed by atoms with E-state index in [9.17, 15) is 9.18 Å². The molecule has 0 saturated carbocycles. The zero-order valence-electron chi connectivity index (χ0n) is 18.4. The van der Waals surface area contributed by atoms with Crippen LogP contribution in [-0.4, -0.2) is 23.1 Å². The monoisotopic (exact) mass is 432 g/mol. The first-order valence-corrected chi connectivity index (χ1v) is 10.8. The summed E-state index contributed by atoms with van der Waals surface area (Å²) in [4.78, 5) is 19.9. The third-order valence-electron chi connectivity index (χ3n) is 6.16. The van der Waals surface area contributed by atoms with E-state index in [1.54, 1.807) is 17.0 Å². The fourth-order valence-corrected chi connectivity index (χ4v) is 5.08. The van der Waals surface area contributed by atoms with Gasteiger partial charge in [0.1, 0.15) is 22.5 Å². The number of ether oxygens (including phenoxy) is 2. The van der Waals surface area contributed by atoms with Crippen molar-refractivity contribution in [1.82, 2.24) is 4.98 Å². The fourth-order valence-electron chi connectivity index (χ4n) is 5.08. The minimum Gasteiger partial charge on any atom is -0.494 e. The summed E-state index contributed by atoms with van der Waals surface area (Å²) >= 11 is 0. The highest BCUT2D eigenvalue weighted by atomic mass is 19.1. The molecule has 32 heavy (non-hydrogen) atoms. The molecule has 5 rings (SSSR count). The van der Waals surface area contributed by atoms with E-state index in [1.807, 2.05) is 63.2 Å². The second-order valence-electron chi connectivity index (χ2n) is 8.89. The molecule has 1 amide bonds. The van der Waals surface area contributed by atoms with E-state index in [4.69, 9.17) is 9.47 Å². The van der Waals surface area contributed by atoms with Gasteiger partial charge in [0, 0.05) is 23.7 Å². The van der Waals surface area contributed by atoms with Crippen LogP contribution in [0.5, 0.6) is 11.5 Å². The van der Waals surface area contributed by atoms with E-state index in [2.05, 4.69) is 4.98 Å². The van der Waals surface area contributed by atoms with Crippen molar-refractivity contribution in [3.63, 3.8) is 0 Å². The zero-order chi connectivity index (χ0) is 22.5. The first-order valence-electron chi connectivity index (χ1n) is 10.8. The SMILES string of the molecule is CCOc1ccc2c(c1)OC(C)(C)CC21C(=O)N(Cc2cccc(F)n2)c2ccccc21. The molecule has 2 aromatic carbocycles. The molecule has 2 aliphatic heterocycles. The van der Waals surface area contributed by atoms with Crippen molar-refractivity contribution in [3.8, 4) is 11.5 Å². The summed E-state index contributed by atoms with van der Waals surface area (Å²) in [6.07, 6.45) is 0.490. The number of hydrogen-bond donors (Lipinski definition) is 0. The Labute approximate surface area is 186 Å². The van der Waals surface area contributed by atoms with Gasteiger partial charge in [-0.1, -0.05) is 30.3 Å². The van der Waals surface area contributed by atoms with Gasteiger partial charge in [0.2, 0.25) is 11.9 Å². The van der Waals surface area contributed by atoms with E-state index in [0.717, 1.165) is 16.8 Å². The van der Waals surface area contributed by atoms with Gasteiger partial charge in [0.25, 0.3) is 0 Å². The Bertz CT molecular complexity index is 1210. The minimum atomic E-state index is -0.897. The van der Waals surface area contributed by atoms with Crippen LogP contribution in [-0.2, 0) is 16.8 Å². The second kappa shape index (κ2) is 7.33. The molecule has 0 bridgehead atoms. The quantitative estimate of drug-likeness (QED) is 0.544. The van der Waals surface area contributed by atoms with Gasteiger partial charge >= 0.3 is 0 Å². The standard InChI is InChI=1S/C26H25FN2O3/c1-4-31-18-12-13-20-22(14-18)32-25(2,3)16-26(20)19-9-5-6-10-21(19)29(24(26)30)15-17-8-7-11-23(27)28-17/h5-14H,4,15-16H2,1-3H3. The van der Waals surface area contributed by atoms with Crippen LogP contribution < -0.4 is 14.4 Å². The van der Waals surface area contributed by atoms with E-state index in [0.29, 0.717) is 30.2 Å². The lowest BCUT2D eigenvalue weighted by Crippen LogP contribution is -2.50. The molecule has 1 spiro atoms. The van der Waals surface area contributed by atoms with Gasteiger partial charge in [0.15, 0.2) is 0 Å². The largest absolute Gasteiger partial charge is 0.494 e. The van der Waals surface area contributed by atoms with Crippen LogP contribution >= 0.6 is 0 Å². The van der Waals surface area contributed by atoms with Crippen LogP contribution in [0.1, 0.15) is 44.0 Å². The Balaban J connectivity index is 1.68. The summed E-state index contributed by atoms with van der Waals surface area (Å²) in [5, 5.41) is 0. The van der Waals surface area contributed by atoms with Gasteiger partial charge in [0.05, 0.1) is 18.8 Å². The number of fused-ring (bicyclic) bond motifs is 4. The second-order valence-corrected chi connectivity index (χ2v) is 8.89. The maximum atomic E-state index is 14.2.